The zero-order valence-electron chi connectivity index (χ0n) is 27.2. The minimum Gasteiger partial charge on any atom is -0.495 e. The zero-order chi connectivity index (χ0) is 35.9. The Hall–Kier alpha value is -4.90. The maximum absolute atomic E-state index is 13.8. The fourth-order valence-electron chi connectivity index (χ4n) is 5.78. The molecule has 0 bridgehead atoms. The molecule has 7 rings (SSSR count). The molecule has 1 atom stereocenters. The lowest BCUT2D eigenvalue weighted by atomic mass is 10.1. The number of aromatic nitrogens is 3. The second-order valence-corrected chi connectivity index (χ2v) is 14.9. The molecule has 0 spiro atoms. The van der Waals surface area contributed by atoms with Gasteiger partial charge in [0.05, 0.1) is 47.4 Å². The van der Waals surface area contributed by atoms with Crippen molar-refractivity contribution in [3.05, 3.63) is 90.5 Å². The van der Waals surface area contributed by atoms with Crippen molar-refractivity contribution < 1.29 is 40.3 Å². The molecule has 0 saturated carbocycles. The van der Waals surface area contributed by atoms with Crippen molar-refractivity contribution in [1.82, 2.24) is 19.1 Å². The van der Waals surface area contributed by atoms with Gasteiger partial charge < -0.3 is 19.2 Å². The van der Waals surface area contributed by atoms with Crippen LogP contribution in [-0.4, -0.2) is 72.1 Å². The number of carbonyl (C=O) groups excluding carboxylic acids is 1. The second kappa shape index (κ2) is 13.7. The molecule has 6 aromatic rings. The number of hydrogen-bond acceptors (Lipinski definition) is 9. The molecule has 1 aliphatic rings. The second-order valence-electron chi connectivity index (χ2n) is 11.6. The van der Waals surface area contributed by atoms with Crippen LogP contribution in [0.25, 0.3) is 39.0 Å². The van der Waals surface area contributed by atoms with Gasteiger partial charge in [-0.2, -0.15) is 17.5 Å². The average molecular weight is 738 g/mol. The lowest BCUT2D eigenvalue weighted by Gasteiger charge is -2.26. The van der Waals surface area contributed by atoms with E-state index in [1.54, 1.807) is 25.1 Å². The first-order valence-electron chi connectivity index (χ1n) is 15.7. The summed E-state index contributed by atoms with van der Waals surface area (Å²) in [6, 6.07) is 21.5. The zero-order valence-corrected chi connectivity index (χ0v) is 28.8. The Morgan fingerprint density at radius 2 is 1.71 bits per heavy atom. The summed E-state index contributed by atoms with van der Waals surface area (Å²) in [4.78, 5) is 13.6. The third-order valence-corrected chi connectivity index (χ3v) is 11.3. The van der Waals surface area contributed by atoms with Gasteiger partial charge in [0, 0.05) is 35.5 Å². The highest BCUT2D eigenvalue weighted by Gasteiger charge is 2.32. The quantitative estimate of drug-likeness (QED) is 0.156. The SMILES string of the molecule is COc1cc2c(cc1NC(=O)C(C)Sc1nnc(-c3cccc(S(=O)(=O)N4CCOCC4)c3)n1-c1cccc(C(F)(F)F)c1)oc1ccccc12. The van der Waals surface area contributed by atoms with Gasteiger partial charge in [0.25, 0.3) is 0 Å². The van der Waals surface area contributed by atoms with Gasteiger partial charge >= 0.3 is 6.18 Å². The predicted octanol–water partition coefficient (Wildman–Crippen LogP) is 7.00. The minimum absolute atomic E-state index is 0.0159. The molecule has 1 fully saturated rings. The van der Waals surface area contributed by atoms with Gasteiger partial charge in [-0.3, -0.25) is 9.36 Å². The number of hydrogen-bond donors (Lipinski definition) is 1. The van der Waals surface area contributed by atoms with Crippen LogP contribution < -0.4 is 10.1 Å². The minimum atomic E-state index is -4.64. The van der Waals surface area contributed by atoms with Crippen molar-refractivity contribution >= 4 is 55.3 Å². The first-order chi connectivity index (χ1) is 24.4. The van der Waals surface area contributed by atoms with Crippen molar-refractivity contribution in [2.24, 2.45) is 0 Å². The predicted molar refractivity (Wildman–Crippen MR) is 186 cm³/mol. The number of halogens is 3. The van der Waals surface area contributed by atoms with E-state index < -0.39 is 32.9 Å². The van der Waals surface area contributed by atoms with Crippen LogP contribution in [0.4, 0.5) is 18.9 Å². The number of alkyl halides is 3. The van der Waals surface area contributed by atoms with E-state index >= 15 is 0 Å². The van der Waals surface area contributed by atoms with E-state index in [0.29, 0.717) is 28.2 Å². The van der Waals surface area contributed by atoms with E-state index in [0.717, 1.165) is 34.7 Å². The van der Waals surface area contributed by atoms with Crippen molar-refractivity contribution in [3.63, 3.8) is 0 Å². The molecule has 16 heteroatoms. The number of furan rings is 1. The van der Waals surface area contributed by atoms with Crippen molar-refractivity contribution in [2.75, 3.05) is 38.7 Å². The molecule has 1 saturated heterocycles. The molecule has 2 aromatic heterocycles. The number of carbonyl (C=O) groups is 1. The number of morpholine rings is 1. The van der Waals surface area contributed by atoms with Gasteiger partial charge in [0.2, 0.25) is 15.9 Å². The molecular weight excluding hydrogens is 708 g/mol. The van der Waals surface area contributed by atoms with E-state index in [-0.39, 0.29) is 47.9 Å². The maximum atomic E-state index is 13.8. The Labute approximate surface area is 294 Å². The standard InChI is InChI=1S/C35H30F3N5O6S2/c1-21(33(44)39-28-20-30-27(19-31(28)47-2)26-11-3-4-12-29(26)49-30)50-34-41-40-32(43(34)24-9-6-8-23(18-24)35(36,37)38)22-7-5-10-25(17-22)51(45,46)42-13-15-48-16-14-42/h3-12,17-21H,13-16H2,1-2H3,(H,39,44). The van der Waals surface area contributed by atoms with Crippen LogP contribution in [0.15, 0.2) is 99.4 Å². The Bertz CT molecular complexity index is 2370. The number of nitrogens with zero attached hydrogens (tertiary/aromatic N) is 4. The summed E-state index contributed by atoms with van der Waals surface area (Å²) in [5.74, 6) is 0.0360. The van der Waals surface area contributed by atoms with Crippen LogP contribution in [0.1, 0.15) is 12.5 Å². The van der Waals surface area contributed by atoms with Gasteiger partial charge in [0.15, 0.2) is 11.0 Å². The van der Waals surface area contributed by atoms with Gasteiger partial charge in [-0.05, 0) is 49.4 Å². The van der Waals surface area contributed by atoms with E-state index in [1.807, 2.05) is 24.3 Å². The molecular formula is C35H30F3N5O6S2. The number of amides is 1. The Kier molecular flexibility index (Phi) is 9.26. The van der Waals surface area contributed by atoms with Crippen LogP contribution in [0, 0.1) is 0 Å². The number of rotatable bonds is 9. The number of fused-ring (bicyclic) bond motifs is 3. The summed E-state index contributed by atoms with van der Waals surface area (Å²) in [5.41, 5.74) is 1.04. The van der Waals surface area contributed by atoms with Crippen LogP contribution in [0.5, 0.6) is 5.75 Å². The smallest absolute Gasteiger partial charge is 0.416 e. The number of nitrogens with one attached hydrogen (secondary N) is 1. The largest absolute Gasteiger partial charge is 0.495 e. The number of benzene rings is 4. The number of sulfonamides is 1. The number of para-hydroxylation sites is 1. The molecule has 4 aromatic carbocycles. The molecule has 1 amide bonds. The van der Waals surface area contributed by atoms with Crippen LogP contribution in [-0.2, 0) is 25.7 Å². The number of methoxy groups -OCH3 is 1. The highest BCUT2D eigenvalue weighted by molar-refractivity contribution is 8.00. The lowest BCUT2D eigenvalue weighted by Crippen LogP contribution is -2.40. The van der Waals surface area contributed by atoms with Gasteiger partial charge in [-0.25, -0.2) is 8.42 Å². The Balaban J connectivity index is 1.23. The van der Waals surface area contributed by atoms with Crippen molar-refractivity contribution in [3.8, 4) is 22.8 Å². The summed E-state index contributed by atoms with van der Waals surface area (Å²) < 4.78 is 88.0. The maximum Gasteiger partial charge on any atom is 0.416 e. The van der Waals surface area contributed by atoms with E-state index in [1.165, 1.54) is 46.3 Å². The Morgan fingerprint density at radius 3 is 2.47 bits per heavy atom. The fraction of sp³-hybridized carbons (Fsp3) is 0.229. The monoisotopic (exact) mass is 737 g/mol. The number of thioether (sulfide) groups is 1. The third kappa shape index (κ3) is 6.79. The highest BCUT2D eigenvalue weighted by atomic mass is 32.2. The number of anilines is 1. The van der Waals surface area contributed by atoms with Crippen LogP contribution in [0.2, 0.25) is 0 Å². The first-order valence-corrected chi connectivity index (χ1v) is 18.0. The van der Waals surface area contributed by atoms with E-state index in [4.69, 9.17) is 13.9 Å². The highest BCUT2D eigenvalue weighted by Crippen LogP contribution is 2.38. The third-order valence-electron chi connectivity index (χ3n) is 8.37. The van der Waals surface area contributed by atoms with E-state index in [9.17, 15) is 26.4 Å². The summed E-state index contributed by atoms with van der Waals surface area (Å²) in [5, 5.41) is 12.4. The molecule has 0 radical (unpaired) electrons. The normalized spacial score (nSPS) is 14.9. The molecule has 3 heterocycles. The van der Waals surface area contributed by atoms with Crippen molar-refractivity contribution in [2.45, 2.75) is 28.4 Å². The van der Waals surface area contributed by atoms with E-state index in [2.05, 4.69) is 15.5 Å². The summed E-state index contributed by atoms with van der Waals surface area (Å²) >= 11 is 0.966. The number of ether oxygens (including phenoxy) is 2. The van der Waals surface area contributed by atoms with Crippen LogP contribution >= 0.6 is 11.8 Å². The topological polar surface area (TPSA) is 129 Å². The Morgan fingerprint density at radius 1 is 0.941 bits per heavy atom. The van der Waals surface area contributed by atoms with Crippen molar-refractivity contribution in [1.29, 1.82) is 0 Å². The summed E-state index contributed by atoms with van der Waals surface area (Å²) in [6.45, 7) is 2.51. The van der Waals surface area contributed by atoms with Gasteiger partial charge in [0.1, 0.15) is 16.9 Å². The molecule has 1 unspecified atom stereocenters. The molecule has 51 heavy (non-hydrogen) atoms. The summed E-state index contributed by atoms with van der Waals surface area (Å²) in [7, 11) is -2.42. The fourth-order valence-corrected chi connectivity index (χ4v) is 8.10. The van der Waals surface area contributed by atoms with Crippen LogP contribution in [0.3, 0.4) is 0 Å². The first kappa shape index (κ1) is 34.5. The van der Waals surface area contributed by atoms with Gasteiger partial charge in [-0.1, -0.05) is 48.2 Å². The van der Waals surface area contributed by atoms with Gasteiger partial charge in [-0.15, -0.1) is 10.2 Å². The summed E-state index contributed by atoms with van der Waals surface area (Å²) in [6.07, 6.45) is -4.64. The molecule has 11 nitrogen and oxygen atoms in total. The lowest BCUT2D eigenvalue weighted by molar-refractivity contribution is -0.137. The molecule has 264 valence electrons. The molecule has 0 aliphatic carbocycles. The average Bonchev–Trinajstić information content (AvgIpc) is 3.72. The molecule has 1 N–H and O–H groups in total. The molecule has 1 aliphatic heterocycles.